The number of amides is 1. The van der Waals surface area contributed by atoms with Crippen LogP contribution in [-0.4, -0.2) is 27.4 Å². The van der Waals surface area contributed by atoms with Gasteiger partial charge < -0.3 is 10.6 Å². The third kappa shape index (κ3) is 4.05. The van der Waals surface area contributed by atoms with Crippen molar-refractivity contribution in [2.75, 3.05) is 5.32 Å². The van der Waals surface area contributed by atoms with E-state index in [-0.39, 0.29) is 23.0 Å². The second-order valence-corrected chi connectivity index (χ2v) is 7.94. The summed E-state index contributed by atoms with van der Waals surface area (Å²) in [6.45, 7) is 5.28. The van der Waals surface area contributed by atoms with Gasteiger partial charge in [-0.05, 0) is 26.3 Å². The maximum atomic E-state index is 13.7. The first-order valence-corrected chi connectivity index (χ1v) is 8.84. The zero-order chi connectivity index (χ0) is 20.0. The van der Waals surface area contributed by atoms with Crippen LogP contribution in [0, 0.1) is 0 Å². The van der Waals surface area contributed by atoms with E-state index in [4.69, 9.17) is 11.6 Å². The number of halogens is 4. The molecule has 0 fully saturated rings. The van der Waals surface area contributed by atoms with E-state index in [9.17, 15) is 18.0 Å². The minimum atomic E-state index is -4.53. The molecule has 1 amide bonds. The third-order valence-corrected chi connectivity index (χ3v) is 4.56. The molecule has 1 aliphatic rings. The van der Waals surface area contributed by atoms with Crippen LogP contribution in [0.15, 0.2) is 30.3 Å². The van der Waals surface area contributed by atoms with Crippen LogP contribution >= 0.6 is 11.6 Å². The highest BCUT2D eigenvalue weighted by Crippen LogP contribution is 2.46. The summed E-state index contributed by atoms with van der Waals surface area (Å²) in [5.41, 5.74) is -0.0958. The maximum absolute atomic E-state index is 13.7. The average molecular weight is 401 g/mol. The molecule has 9 heteroatoms. The number of anilines is 1. The lowest BCUT2D eigenvalue weighted by molar-refractivity contribution is -0.173. The minimum absolute atomic E-state index is 0.00171. The first-order chi connectivity index (χ1) is 12.5. The van der Waals surface area contributed by atoms with E-state index >= 15 is 0 Å². The highest BCUT2D eigenvalue weighted by molar-refractivity contribution is 6.36. The number of carbonyl (C=O) groups is 1. The van der Waals surface area contributed by atoms with E-state index in [0.717, 1.165) is 4.68 Å². The molecule has 0 saturated carbocycles. The summed E-state index contributed by atoms with van der Waals surface area (Å²) in [7, 11) is 0. The Morgan fingerprint density at radius 2 is 1.89 bits per heavy atom. The molecule has 0 spiro atoms. The number of carbonyl (C=O) groups excluding carboxylic acids is 1. The van der Waals surface area contributed by atoms with Crippen molar-refractivity contribution in [3.8, 4) is 0 Å². The second kappa shape index (κ2) is 6.74. The molecule has 2 aromatic rings. The van der Waals surface area contributed by atoms with E-state index in [1.54, 1.807) is 51.1 Å². The molecule has 27 heavy (non-hydrogen) atoms. The van der Waals surface area contributed by atoms with Crippen LogP contribution in [0.2, 0.25) is 5.02 Å². The number of nitrogens with zero attached hydrogens (tertiary/aromatic N) is 2. The number of hydrogen-bond donors (Lipinski definition) is 2. The molecule has 0 bridgehead atoms. The highest BCUT2D eigenvalue weighted by atomic mass is 35.5. The molecule has 146 valence electrons. The lowest BCUT2D eigenvalue weighted by atomic mass is 9.97. The molecule has 5 nitrogen and oxygen atoms in total. The number of fused-ring (bicyclic) bond motifs is 1. The first-order valence-electron chi connectivity index (χ1n) is 8.46. The Morgan fingerprint density at radius 3 is 2.44 bits per heavy atom. The van der Waals surface area contributed by atoms with Crippen molar-refractivity contribution < 1.29 is 18.0 Å². The Labute approximate surface area is 159 Å². The maximum Gasteiger partial charge on any atom is 0.410 e. The van der Waals surface area contributed by atoms with Crippen molar-refractivity contribution in [2.24, 2.45) is 0 Å². The third-order valence-electron chi connectivity index (χ3n) is 4.20. The van der Waals surface area contributed by atoms with Crippen LogP contribution in [0.25, 0.3) is 0 Å². The SMILES string of the molecule is CC(C)(C)NC(=O)c1nn2c(c1Cl)N[C@@H](c1ccccc1)C[C@@H]2C(F)(F)F. The van der Waals surface area contributed by atoms with Crippen molar-refractivity contribution in [2.45, 2.75) is 51.0 Å². The minimum Gasteiger partial charge on any atom is -0.362 e. The summed E-state index contributed by atoms with van der Waals surface area (Å²) in [5, 5.41) is 9.47. The second-order valence-electron chi connectivity index (χ2n) is 7.56. The molecule has 2 heterocycles. The van der Waals surface area contributed by atoms with Gasteiger partial charge in [-0.15, -0.1) is 0 Å². The fourth-order valence-electron chi connectivity index (χ4n) is 3.04. The van der Waals surface area contributed by atoms with E-state index < -0.39 is 29.7 Å². The molecule has 0 saturated heterocycles. The van der Waals surface area contributed by atoms with Crippen molar-refractivity contribution >= 4 is 23.3 Å². The Bertz CT molecular complexity index is 843. The predicted octanol–water partition coefficient (Wildman–Crippen LogP) is 4.73. The molecule has 3 rings (SSSR count). The number of nitrogens with one attached hydrogen (secondary N) is 2. The van der Waals surface area contributed by atoms with E-state index in [2.05, 4.69) is 15.7 Å². The summed E-state index contributed by atoms with van der Waals surface area (Å²) >= 11 is 6.26. The first kappa shape index (κ1) is 19.5. The molecule has 2 atom stereocenters. The Balaban J connectivity index is 2.03. The molecule has 0 radical (unpaired) electrons. The van der Waals surface area contributed by atoms with Gasteiger partial charge in [-0.3, -0.25) is 4.79 Å². The molecular formula is C18H20ClF3N4O. The fraction of sp³-hybridized carbons (Fsp3) is 0.444. The van der Waals surface area contributed by atoms with Crippen molar-refractivity contribution in [3.05, 3.63) is 46.6 Å². The number of hydrogen-bond acceptors (Lipinski definition) is 3. The van der Waals surface area contributed by atoms with Gasteiger partial charge in [-0.2, -0.15) is 18.3 Å². The van der Waals surface area contributed by atoms with Crippen molar-refractivity contribution in [1.82, 2.24) is 15.1 Å². The van der Waals surface area contributed by atoms with Crippen molar-refractivity contribution in [3.63, 3.8) is 0 Å². The van der Waals surface area contributed by atoms with Gasteiger partial charge >= 0.3 is 6.18 Å². The van der Waals surface area contributed by atoms with E-state index in [0.29, 0.717) is 5.56 Å². The van der Waals surface area contributed by atoms with Crippen molar-refractivity contribution in [1.29, 1.82) is 0 Å². The Hall–Kier alpha value is -2.22. The lowest BCUT2D eigenvalue weighted by Gasteiger charge is -2.33. The highest BCUT2D eigenvalue weighted by Gasteiger charge is 2.47. The van der Waals surface area contributed by atoms with Crippen LogP contribution in [0.1, 0.15) is 55.3 Å². The number of aromatic nitrogens is 2. The smallest absolute Gasteiger partial charge is 0.362 e. The van der Waals surface area contributed by atoms with Gasteiger partial charge in [0.15, 0.2) is 11.7 Å². The summed E-state index contributed by atoms with van der Waals surface area (Å²) in [6.07, 6.45) is -4.78. The van der Waals surface area contributed by atoms with E-state index in [1.807, 2.05) is 0 Å². The largest absolute Gasteiger partial charge is 0.410 e. The van der Waals surface area contributed by atoms with Gasteiger partial charge in [0.1, 0.15) is 10.8 Å². The number of rotatable bonds is 2. The molecule has 0 unspecified atom stereocenters. The van der Waals surface area contributed by atoms with E-state index in [1.165, 1.54) is 0 Å². The molecular weight excluding hydrogens is 381 g/mol. The molecule has 0 aliphatic carbocycles. The Kier molecular flexibility index (Phi) is 4.88. The van der Waals surface area contributed by atoms with Gasteiger partial charge in [0.05, 0.1) is 6.04 Å². The topological polar surface area (TPSA) is 59.0 Å². The zero-order valence-electron chi connectivity index (χ0n) is 15.1. The number of benzene rings is 1. The summed E-state index contributed by atoms with van der Waals surface area (Å²) in [4.78, 5) is 12.4. The standard InChI is InChI=1S/C18H20ClF3N4O/c1-17(2,3)24-16(27)14-13(19)15-23-11(10-7-5-4-6-8-10)9-12(18(20,21)22)26(15)25-14/h4-8,11-12,23H,9H2,1-3H3,(H,24,27)/t11-,12-/m1/s1. The summed E-state index contributed by atoms with van der Waals surface area (Å²) < 4.78 is 41.8. The average Bonchev–Trinajstić information content (AvgIpc) is 2.89. The van der Waals surface area contributed by atoms with Gasteiger partial charge in [-0.25, -0.2) is 4.68 Å². The predicted molar refractivity (Wildman–Crippen MR) is 97.0 cm³/mol. The molecule has 2 N–H and O–H groups in total. The lowest BCUT2D eigenvalue weighted by Crippen LogP contribution is -2.41. The van der Waals surface area contributed by atoms with Gasteiger partial charge in [-0.1, -0.05) is 41.9 Å². The van der Waals surface area contributed by atoms with Crippen LogP contribution in [0.3, 0.4) is 0 Å². The van der Waals surface area contributed by atoms with Crippen LogP contribution < -0.4 is 10.6 Å². The summed E-state index contributed by atoms with van der Waals surface area (Å²) in [5.74, 6) is -0.619. The molecule has 1 aliphatic heterocycles. The van der Waals surface area contributed by atoms with Gasteiger partial charge in [0, 0.05) is 12.0 Å². The quantitative estimate of drug-likeness (QED) is 0.766. The molecule has 1 aromatic carbocycles. The van der Waals surface area contributed by atoms with Crippen LogP contribution in [-0.2, 0) is 0 Å². The normalized spacial score (nSPS) is 20.0. The van der Waals surface area contributed by atoms with Crippen LogP contribution in [0.5, 0.6) is 0 Å². The zero-order valence-corrected chi connectivity index (χ0v) is 15.8. The van der Waals surface area contributed by atoms with Gasteiger partial charge in [0.25, 0.3) is 5.91 Å². The Morgan fingerprint density at radius 1 is 1.26 bits per heavy atom. The number of alkyl halides is 3. The monoisotopic (exact) mass is 400 g/mol. The summed E-state index contributed by atoms with van der Waals surface area (Å²) in [6, 6.07) is 6.33. The molecule has 1 aromatic heterocycles. The fourth-order valence-corrected chi connectivity index (χ4v) is 3.30. The van der Waals surface area contributed by atoms with Crippen LogP contribution in [0.4, 0.5) is 19.0 Å². The van der Waals surface area contributed by atoms with Gasteiger partial charge in [0.2, 0.25) is 0 Å².